The van der Waals surface area contributed by atoms with Gasteiger partial charge in [-0.25, -0.2) is 0 Å². The van der Waals surface area contributed by atoms with Crippen LogP contribution < -0.4 is 16.0 Å². The molecule has 0 unspecified atom stereocenters. The van der Waals surface area contributed by atoms with Crippen molar-refractivity contribution in [2.24, 2.45) is 5.73 Å². The number of para-hydroxylation sites is 1. The number of hydrogen-bond acceptors (Lipinski definition) is 6. The molecular formula is C18H19ClN4O4. The van der Waals surface area contributed by atoms with Gasteiger partial charge in [-0.3, -0.25) is 14.9 Å². The normalized spacial score (nSPS) is 14.0. The standard InChI is InChI=1S/C18H19ClN4O4/c19-14-2-1-3-15(17(14)22-6-8-27-9-7-22)21-11-13-5-4-12(18(20)24)10-16(13)23(25)26/h1-5,10,21H,6-9,11H2,(H2,20,24). The summed E-state index contributed by atoms with van der Waals surface area (Å²) in [5.41, 5.74) is 7.21. The van der Waals surface area contributed by atoms with Crippen molar-refractivity contribution in [3.05, 3.63) is 62.7 Å². The minimum atomic E-state index is -0.706. The molecule has 0 radical (unpaired) electrons. The number of ether oxygens (including phenoxy) is 1. The van der Waals surface area contributed by atoms with E-state index in [2.05, 4.69) is 10.2 Å². The SMILES string of the molecule is NC(=O)c1ccc(CNc2cccc(Cl)c2N2CCOCC2)c([N+](=O)[O-])c1. The smallest absolute Gasteiger partial charge is 0.275 e. The fourth-order valence-electron chi connectivity index (χ4n) is 2.99. The van der Waals surface area contributed by atoms with Gasteiger partial charge in [0.25, 0.3) is 5.69 Å². The second-order valence-electron chi connectivity index (χ2n) is 6.05. The lowest BCUT2D eigenvalue weighted by Gasteiger charge is -2.31. The Morgan fingerprint density at radius 2 is 2.04 bits per heavy atom. The van der Waals surface area contributed by atoms with E-state index in [0.717, 1.165) is 11.4 Å². The number of primary amides is 1. The first-order chi connectivity index (χ1) is 13.0. The maximum absolute atomic E-state index is 11.4. The molecule has 1 aliphatic rings. The maximum Gasteiger partial charge on any atom is 0.275 e. The first-order valence-corrected chi connectivity index (χ1v) is 8.77. The Morgan fingerprint density at radius 1 is 1.30 bits per heavy atom. The van der Waals surface area contributed by atoms with Gasteiger partial charge in [-0.1, -0.05) is 17.7 Å². The third kappa shape index (κ3) is 4.29. The van der Waals surface area contributed by atoms with Gasteiger partial charge in [0.05, 0.1) is 34.5 Å². The minimum Gasteiger partial charge on any atom is -0.379 e. The molecule has 8 nitrogen and oxygen atoms in total. The van der Waals surface area contributed by atoms with E-state index in [1.165, 1.54) is 18.2 Å². The van der Waals surface area contributed by atoms with Crippen molar-refractivity contribution in [1.29, 1.82) is 0 Å². The molecular weight excluding hydrogens is 372 g/mol. The Morgan fingerprint density at radius 3 is 2.70 bits per heavy atom. The molecule has 0 saturated carbocycles. The summed E-state index contributed by atoms with van der Waals surface area (Å²) in [6.07, 6.45) is 0. The fourth-order valence-corrected chi connectivity index (χ4v) is 3.29. The zero-order valence-electron chi connectivity index (χ0n) is 14.5. The number of benzene rings is 2. The molecule has 2 aromatic rings. The van der Waals surface area contributed by atoms with E-state index in [9.17, 15) is 14.9 Å². The molecule has 0 bridgehead atoms. The highest BCUT2D eigenvalue weighted by atomic mass is 35.5. The lowest BCUT2D eigenvalue weighted by atomic mass is 10.1. The number of nitro groups is 1. The molecule has 1 heterocycles. The number of carbonyl (C=O) groups is 1. The number of rotatable bonds is 6. The van der Waals surface area contributed by atoms with Crippen LogP contribution in [0.15, 0.2) is 36.4 Å². The summed E-state index contributed by atoms with van der Waals surface area (Å²) in [6.45, 7) is 2.86. The summed E-state index contributed by atoms with van der Waals surface area (Å²) in [4.78, 5) is 24.2. The zero-order valence-corrected chi connectivity index (χ0v) is 15.2. The summed E-state index contributed by atoms with van der Waals surface area (Å²) in [6, 6.07) is 9.71. The molecule has 0 spiro atoms. The van der Waals surface area contributed by atoms with Crippen LogP contribution in [-0.2, 0) is 11.3 Å². The molecule has 1 saturated heterocycles. The molecule has 9 heteroatoms. The van der Waals surface area contributed by atoms with Crippen LogP contribution in [0, 0.1) is 10.1 Å². The van der Waals surface area contributed by atoms with Gasteiger partial charge in [0, 0.05) is 36.8 Å². The van der Waals surface area contributed by atoms with Crippen LogP contribution in [0.2, 0.25) is 5.02 Å². The van der Waals surface area contributed by atoms with Gasteiger partial charge >= 0.3 is 0 Å². The Labute approximate surface area is 161 Å². The van der Waals surface area contributed by atoms with E-state index in [-0.39, 0.29) is 17.8 Å². The van der Waals surface area contributed by atoms with Gasteiger partial charge in [0.1, 0.15) is 0 Å². The molecule has 27 heavy (non-hydrogen) atoms. The average molecular weight is 391 g/mol. The molecule has 2 aromatic carbocycles. The number of nitrogens with two attached hydrogens (primary N) is 1. The Bertz CT molecular complexity index is 868. The van der Waals surface area contributed by atoms with Crippen LogP contribution in [0.5, 0.6) is 0 Å². The van der Waals surface area contributed by atoms with Gasteiger partial charge in [0.2, 0.25) is 5.91 Å². The summed E-state index contributed by atoms with van der Waals surface area (Å²) < 4.78 is 5.38. The second-order valence-corrected chi connectivity index (χ2v) is 6.46. The number of nitrogens with zero attached hydrogens (tertiary/aromatic N) is 2. The van der Waals surface area contributed by atoms with Gasteiger partial charge < -0.3 is 20.7 Å². The molecule has 3 N–H and O–H groups in total. The molecule has 142 valence electrons. The van der Waals surface area contributed by atoms with Crippen LogP contribution in [0.25, 0.3) is 0 Å². The summed E-state index contributed by atoms with van der Waals surface area (Å²) in [7, 11) is 0. The van der Waals surface area contributed by atoms with Crippen molar-refractivity contribution in [2.45, 2.75) is 6.54 Å². The van der Waals surface area contributed by atoms with Crippen LogP contribution >= 0.6 is 11.6 Å². The van der Waals surface area contributed by atoms with Crippen molar-refractivity contribution < 1.29 is 14.5 Å². The van der Waals surface area contributed by atoms with Crippen molar-refractivity contribution >= 4 is 34.6 Å². The number of amides is 1. The summed E-state index contributed by atoms with van der Waals surface area (Å²) in [5, 5.41) is 15.2. The largest absolute Gasteiger partial charge is 0.379 e. The minimum absolute atomic E-state index is 0.0993. The molecule has 3 rings (SSSR count). The molecule has 1 fully saturated rings. The predicted molar refractivity (Wildman–Crippen MR) is 103 cm³/mol. The number of nitro benzene ring substituents is 1. The first-order valence-electron chi connectivity index (χ1n) is 8.39. The van der Waals surface area contributed by atoms with E-state index < -0.39 is 10.8 Å². The number of morpholine rings is 1. The molecule has 1 aliphatic heterocycles. The predicted octanol–water partition coefficient (Wildman–Crippen LogP) is 2.80. The first kappa shape index (κ1) is 18.9. The Hall–Kier alpha value is -2.84. The van der Waals surface area contributed by atoms with Gasteiger partial charge in [-0.15, -0.1) is 0 Å². The van der Waals surface area contributed by atoms with Crippen molar-refractivity contribution in [3.8, 4) is 0 Å². The van der Waals surface area contributed by atoms with Gasteiger partial charge in [0.15, 0.2) is 0 Å². The van der Waals surface area contributed by atoms with Crippen LogP contribution in [0.1, 0.15) is 15.9 Å². The summed E-state index contributed by atoms with van der Waals surface area (Å²) >= 11 is 6.40. The van der Waals surface area contributed by atoms with E-state index >= 15 is 0 Å². The number of anilines is 2. The number of hydrogen-bond donors (Lipinski definition) is 2. The fraction of sp³-hybridized carbons (Fsp3) is 0.278. The Kier molecular flexibility index (Phi) is 5.78. The highest BCUT2D eigenvalue weighted by Gasteiger charge is 2.20. The highest BCUT2D eigenvalue weighted by molar-refractivity contribution is 6.34. The zero-order chi connectivity index (χ0) is 19.4. The Balaban J connectivity index is 1.86. The maximum atomic E-state index is 11.4. The van der Waals surface area contributed by atoms with Gasteiger partial charge in [-0.05, 0) is 24.3 Å². The van der Waals surface area contributed by atoms with Crippen LogP contribution in [0.3, 0.4) is 0 Å². The van der Waals surface area contributed by atoms with Crippen LogP contribution in [-0.4, -0.2) is 37.1 Å². The lowest BCUT2D eigenvalue weighted by molar-refractivity contribution is -0.385. The third-order valence-corrected chi connectivity index (χ3v) is 4.65. The van der Waals surface area contributed by atoms with E-state index in [0.29, 0.717) is 36.9 Å². The molecule has 1 amide bonds. The van der Waals surface area contributed by atoms with Crippen molar-refractivity contribution in [3.63, 3.8) is 0 Å². The average Bonchev–Trinajstić information content (AvgIpc) is 2.66. The van der Waals surface area contributed by atoms with Crippen molar-refractivity contribution in [1.82, 2.24) is 0 Å². The topological polar surface area (TPSA) is 111 Å². The summed E-state index contributed by atoms with van der Waals surface area (Å²) in [5.74, 6) is -0.706. The van der Waals surface area contributed by atoms with Gasteiger partial charge in [-0.2, -0.15) is 0 Å². The number of carbonyl (C=O) groups excluding carboxylic acids is 1. The second kappa shape index (κ2) is 8.24. The quantitative estimate of drug-likeness (QED) is 0.579. The molecule has 0 aliphatic carbocycles. The highest BCUT2D eigenvalue weighted by Crippen LogP contribution is 2.35. The lowest BCUT2D eigenvalue weighted by Crippen LogP contribution is -2.36. The number of nitrogens with one attached hydrogen (secondary N) is 1. The molecule has 0 atom stereocenters. The number of halogens is 1. The van der Waals surface area contributed by atoms with Crippen molar-refractivity contribution in [2.75, 3.05) is 36.5 Å². The molecule has 0 aromatic heterocycles. The third-order valence-electron chi connectivity index (χ3n) is 4.35. The van der Waals surface area contributed by atoms with Crippen LogP contribution in [0.4, 0.5) is 17.1 Å². The monoisotopic (exact) mass is 390 g/mol. The van der Waals surface area contributed by atoms with E-state index in [1.807, 2.05) is 18.2 Å². The van der Waals surface area contributed by atoms with E-state index in [4.69, 9.17) is 22.1 Å². The van der Waals surface area contributed by atoms with E-state index in [1.54, 1.807) is 0 Å².